The summed E-state index contributed by atoms with van der Waals surface area (Å²) in [5.74, 6) is 0.559. The lowest BCUT2D eigenvalue weighted by molar-refractivity contribution is 0.0935. The van der Waals surface area contributed by atoms with Gasteiger partial charge in [0.2, 0.25) is 0 Å². The van der Waals surface area contributed by atoms with Crippen molar-refractivity contribution in [2.75, 3.05) is 0 Å². The summed E-state index contributed by atoms with van der Waals surface area (Å²) < 4.78 is 0. The lowest BCUT2D eigenvalue weighted by Gasteiger charge is -2.11. The van der Waals surface area contributed by atoms with Crippen LogP contribution in [0.25, 0.3) is 11.4 Å². The minimum atomic E-state index is -0.156. The predicted molar refractivity (Wildman–Crippen MR) is 89.0 cm³/mol. The molecule has 0 saturated carbocycles. The monoisotopic (exact) mass is 311 g/mol. The van der Waals surface area contributed by atoms with Gasteiger partial charge in [-0.3, -0.25) is 4.79 Å². The van der Waals surface area contributed by atoms with Gasteiger partial charge in [0.25, 0.3) is 5.91 Å². The molecule has 2 aromatic heterocycles. The number of rotatable bonds is 4. The number of thiophene rings is 1. The summed E-state index contributed by atoms with van der Waals surface area (Å²) in [6.07, 6.45) is 0. The first kappa shape index (κ1) is 14.5. The van der Waals surface area contributed by atoms with E-state index in [1.807, 2.05) is 61.7 Å². The number of carbonyl (C=O) groups excluding carboxylic acids is 1. The SMILES string of the molecule is Cc1[nH]c(-c2ccccc2)nc1C(=O)N[C@H](C)c1cccs1. The molecule has 22 heavy (non-hydrogen) atoms. The number of benzene rings is 1. The number of hydrogen-bond donors (Lipinski definition) is 2. The van der Waals surface area contributed by atoms with Gasteiger partial charge in [0, 0.05) is 16.1 Å². The zero-order valence-corrected chi connectivity index (χ0v) is 13.3. The van der Waals surface area contributed by atoms with Gasteiger partial charge in [-0.05, 0) is 25.3 Å². The third-order valence-electron chi connectivity index (χ3n) is 3.46. The van der Waals surface area contributed by atoms with Crippen molar-refractivity contribution < 1.29 is 4.79 Å². The molecule has 0 spiro atoms. The zero-order chi connectivity index (χ0) is 15.5. The molecule has 3 rings (SSSR count). The topological polar surface area (TPSA) is 57.8 Å². The van der Waals surface area contributed by atoms with Crippen LogP contribution in [0.4, 0.5) is 0 Å². The summed E-state index contributed by atoms with van der Waals surface area (Å²) in [5.41, 5.74) is 2.19. The Hall–Kier alpha value is -2.40. The van der Waals surface area contributed by atoms with Crippen LogP contribution in [0.15, 0.2) is 47.8 Å². The van der Waals surface area contributed by atoms with E-state index in [-0.39, 0.29) is 11.9 Å². The summed E-state index contributed by atoms with van der Waals surface area (Å²) in [7, 11) is 0. The highest BCUT2D eigenvalue weighted by atomic mass is 32.1. The van der Waals surface area contributed by atoms with Crippen molar-refractivity contribution in [1.29, 1.82) is 0 Å². The average Bonchev–Trinajstić information content (AvgIpc) is 3.17. The van der Waals surface area contributed by atoms with Gasteiger partial charge in [-0.2, -0.15) is 0 Å². The van der Waals surface area contributed by atoms with Gasteiger partial charge in [-0.1, -0.05) is 36.4 Å². The zero-order valence-electron chi connectivity index (χ0n) is 12.5. The Morgan fingerprint density at radius 2 is 2.00 bits per heavy atom. The summed E-state index contributed by atoms with van der Waals surface area (Å²) in [6.45, 7) is 3.84. The van der Waals surface area contributed by atoms with E-state index in [0.29, 0.717) is 11.5 Å². The van der Waals surface area contributed by atoms with Crippen LogP contribution in [0.5, 0.6) is 0 Å². The van der Waals surface area contributed by atoms with Crippen LogP contribution < -0.4 is 5.32 Å². The van der Waals surface area contributed by atoms with E-state index in [1.54, 1.807) is 11.3 Å². The lowest BCUT2D eigenvalue weighted by Crippen LogP contribution is -2.27. The molecular formula is C17H17N3OS. The van der Waals surface area contributed by atoms with Crippen molar-refractivity contribution in [3.8, 4) is 11.4 Å². The minimum absolute atomic E-state index is 0.0243. The Kier molecular flexibility index (Phi) is 4.06. The molecule has 4 nitrogen and oxygen atoms in total. The number of H-pyrrole nitrogens is 1. The molecule has 0 aliphatic heterocycles. The number of carbonyl (C=O) groups is 1. The molecule has 0 radical (unpaired) electrons. The van der Waals surface area contributed by atoms with Crippen molar-refractivity contribution in [1.82, 2.24) is 15.3 Å². The van der Waals surface area contributed by atoms with Crippen LogP contribution in [0, 0.1) is 6.92 Å². The van der Waals surface area contributed by atoms with E-state index in [1.165, 1.54) is 0 Å². The molecule has 0 aliphatic rings. The Morgan fingerprint density at radius 3 is 2.68 bits per heavy atom. The summed E-state index contributed by atoms with van der Waals surface area (Å²) in [6, 6.07) is 13.8. The number of imidazole rings is 1. The fourth-order valence-corrected chi connectivity index (χ4v) is 3.02. The number of amides is 1. The second kappa shape index (κ2) is 6.15. The van der Waals surface area contributed by atoms with E-state index in [0.717, 1.165) is 16.1 Å². The normalized spacial score (nSPS) is 12.1. The highest BCUT2D eigenvalue weighted by molar-refractivity contribution is 7.10. The first-order chi connectivity index (χ1) is 10.6. The van der Waals surface area contributed by atoms with Crippen molar-refractivity contribution in [3.05, 3.63) is 64.1 Å². The maximum absolute atomic E-state index is 12.4. The summed E-state index contributed by atoms with van der Waals surface area (Å²) >= 11 is 1.63. The molecule has 0 saturated heterocycles. The summed E-state index contributed by atoms with van der Waals surface area (Å²) in [4.78, 5) is 21.2. The van der Waals surface area contributed by atoms with Gasteiger partial charge >= 0.3 is 0 Å². The number of nitrogens with zero attached hydrogens (tertiary/aromatic N) is 1. The van der Waals surface area contributed by atoms with E-state index in [2.05, 4.69) is 15.3 Å². The molecule has 3 aromatic rings. The highest BCUT2D eigenvalue weighted by Crippen LogP contribution is 2.20. The lowest BCUT2D eigenvalue weighted by atomic mass is 10.2. The van der Waals surface area contributed by atoms with E-state index < -0.39 is 0 Å². The molecule has 0 unspecified atom stereocenters. The molecule has 0 bridgehead atoms. The van der Waals surface area contributed by atoms with Crippen LogP contribution in [0.3, 0.4) is 0 Å². The number of aromatic nitrogens is 2. The van der Waals surface area contributed by atoms with Gasteiger partial charge in [-0.25, -0.2) is 4.98 Å². The molecule has 112 valence electrons. The Balaban J connectivity index is 1.80. The standard InChI is InChI=1S/C17H17N3OS/c1-11(14-9-6-10-22-14)19-17(21)15-12(2)18-16(20-15)13-7-4-3-5-8-13/h3-11H,1-2H3,(H,18,20)(H,19,21)/t11-/m1/s1. The smallest absolute Gasteiger partial charge is 0.272 e. The van der Waals surface area contributed by atoms with Crippen LogP contribution in [-0.4, -0.2) is 15.9 Å². The van der Waals surface area contributed by atoms with Gasteiger partial charge in [-0.15, -0.1) is 11.3 Å². The number of aromatic amines is 1. The predicted octanol–water partition coefficient (Wildman–Crippen LogP) is 3.94. The Bertz CT molecular complexity index is 763. The fourth-order valence-electron chi connectivity index (χ4n) is 2.29. The molecule has 5 heteroatoms. The van der Waals surface area contributed by atoms with Crippen LogP contribution in [0.2, 0.25) is 0 Å². The number of hydrogen-bond acceptors (Lipinski definition) is 3. The molecule has 1 aromatic carbocycles. The van der Waals surface area contributed by atoms with Crippen molar-refractivity contribution >= 4 is 17.2 Å². The molecule has 0 aliphatic carbocycles. The van der Waals surface area contributed by atoms with E-state index >= 15 is 0 Å². The average molecular weight is 311 g/mol. The van der Waals surface area contributed by atoms with Gasteiger partial charge in [0.15, 0.2) is 0 Å². The first-order valence-electron chi connectivity index (χ1n) is 7.11. The van der Waals surface area contributed by atoms with E-state index in [4.69, 9.17) is 0 Å². The maximum Gasteiger partial charge on any atom is 0.272 e. The minimum Gasteiger partial charge on any atom is -0.343 e. The molecule has 0 fully saturated rings. The quantitative estimate of drug-likeness (QED) is 0.767. The van der Waals surface area contributed by atoms with Crippen LogP contribution in [-0.2, 0) is 0 Å². The number of nitrogens with one attached hydrogen (secondary N) is 2. The van der Waals surface area contributed by atoms with Crippen molar-refractivity contribution in [2.24, 2.45) is 0 Å². The largest absolute Gasteiger partial charge is 0.343 e. The van der Waals surface area contributed by atoms with Gasteiger partial charge < -0.3 is 10.3 Å². The van der Waals surface area contributed by atoms with Crippen molar-refractivity contribution in [2.45, 2.75) is 19.9 Å². The van der Waals surface area contributed by atoms with Gasteiger partial charge in [0.05, 0.1) is 6.04 Å². The summed E-state index contributed by atoms with van der Waals surface area (Å²) in [5, 5.41) is 5.00. The van der Waals surface area contributed by atoms with Crippen LogP contribution in [0.1, 0.15) is 34.0 Å². The van der Waals surface area contributed by atoms with Crippen LogP contribution >= 0.6 is 11.3 Å². The molecule has 2 heterocycles. The maximum atomic E-state index is 12.4. The second-order valence-electron chi connectivity index (χ2n) is 5.14. The molecule has 1 atom stereocenters. The Labute approximate surface area is 133 Å². The van der Waals surface area contributed by atoms with E-state index in [9.17, 15) is 4.79 Å². The highest BCUT2D eigenvalue weighted by Gasteiger charge is 2.18. The Morgan fingerprint density at radius 1 is 1.23 bits per heavy atom. The first-order valence-corrected chi connectivity index (χ1v) is 7.99. The molecule has 1 amide bonds. The third-order valence-corrected chi connectivity index (χ3v) is 4.52. The molecular weight excluding hydrogens is 294 g/mol. The van der Waals surface area contributed by atoms with Gasteiger partial charge in [0.1, 0.15) is 11.5 Å². The fraction of sp³-hybridized carbons (Fsp3) is 0.176. The number of aryl methyl sites for hydroxylation is 1. The third kappa shape index (κ3) is 2.94. The molecule has 2 N–H and O–H groups in total. The van der Waals surface area contributed by atoms with Crippen molar-refractivity contribution in [3.63, 3.8) is 0 Å². The second-order valence-corrected chi connectivity index (χ2v) is 6.11.